The third-order valence-corrected chi connectivity index (χ3v) is 4.29. The number of hydrogen-bond acceptors (Lipinski definition) is 4. The van der Waals surface area contributed by atoms with Gasteiger partial charge in [-0.2, -0.15) is 0 Å². The van der Waals surface area contributed by atoms with Gasteiger partial charge in [-0.1, -0.05) is 34.8 Å². The first kappa shape index (κ1) is 20.9. The lowest BCUT2D eigenvalue weighted by Crippen LogP contribution is -2.34. The van der Waals surface area contributed by atoms with Gasteiger partial charge < -0.3 is 15.1 Å². The predicted octanol–water partition coefficient (Wildman–Crippen LogP) is 5.25. The number of anilines is 1. The van der Waals surface area contributed by atoms with Crippen molar-refractivity contribution in [3.8, 4) is 0 Å². The van der Waals surface area contributed by atoms with Crippen LogP contribution in [0.4, 0.5) is 11.4 Å². The van der Waals surface area contributed by atoms with Crippen LogP contribution >= 0.6 is 34.8 Å². The van der Waals surface area contributed by atoms with Crippen LogP contribution in [0.3, 0.4) is 0 Å². The molecular formula is C20H14Cl3N3O3. The molecule has 0 saturated heterocycles. The minimum absolute atomic E-state index is 0.0390. The Hall–Kier alpha value is -2.80. The molecule has 0 unspecified atom stereocenters. The average Bonchev–Trinajstić information content (AvgIpc) is 3.12. The molecule has 0 radical (unpaired) electrons. The van der Waals surface area contributed by atoms with E-state index in [9.17, 15) is 9.59 Å². The van der Waals surface area contributed by atoms with Crippen molar-refractivity contribution in [2.75, 3.05) is 5.32 Å². The molecule has 2 N–H and O–H groups in total. The lowest BCUT2D eigenvalue weighted by Gasteiger charge is -2.06. The molecule has 0 aliphatic rings. The Morgan fingerprint density at radius 2 is 1.59 bits per heavy atom. The van der Waals surface area contributed by atoms with E-state index in [2.05, 4.69) is 15.6 Å². The Morgan fingerprint density at radius 3 is 2.28 bits per heavy atom. The van der Waals surface area contributed by atoms with Crippen molar-refractivity contribution in [3.63, 3.8) is 0 Å². The summed E-state index contributed by atoms with van der Waals surface area (Å²) in [5.74, 6) is -0.704. The summed E-state index contributed by atoms with van der Waals surface area (Å²) >= 11 is 17.6. The van der Waals surface area contributed by atoms with Gasteiger partial charge >= 0.3 is 11.8 Å². The summed E-state index contributed by atoms with van der Waals surface area (Å²) < 4.78 is 5.55. The van der Waals surface area contributed by atoms with Crippen molar-refractivity contribution in [1.82, 2.24) is 5.32 Å². The highest BCUT2D eigenvalue weighted by Gasteiger charge is 2.14. The smallest absolute Gasteiger partial charge is 0.313 e. The SMILES string of the molecule is O=C(NCc1ccc(C=Nc2ccc(Cl)cc2)o1)C(=O)Nc1cc(Cl)cc(Cl)c1. The molecule has 3 rings (SSSR count). The van der Waals surface area contributed by atoms with Gasteiger partial charge in [0.05, 0.1) is 18.4 Å². The van der Waals surface area contributed by atoms with Crippen LogP contribution in [0.25, 0.3) is 0 Å². The van der Waals surface area contributed by atoms with Crippen molar-refractivity contribution < 1.29 is 14.0 Å². The third-order valence-electron chi connectivity index (χ3n) is 3.60. The molecule has 0 saturated carbocycles. The molecule has 0 aliphatic heterocycles. The van der Waals surface area contributed by atoms with Crippen LogP contribution < -0.4 is 10.6 Å². The van der Waals surface area contributed by atoms with E-state index in [1.807, 2.05) is 0 Å². The lowest BCUT2D eigenvalue weighted by molar-refractivity contribution is -0.136. The molecule has 148 valence electrons. The molecular weight excluding hydrogens is 437 g/mol. The Morgan fingerprint density at radius 1 is 0.897 bits per heavy atom. The normalized spacial score (nSPS) is 10.9. The summed E-state index contributed by atoms with van der Waals surface area (Å²) in [6.45, 7) is 0.0390. The van der Waals surface area contributed by atoms with Crippen LogP contribution in [-0.2, 0) is 16.1 Å². The van der Waals surface area contributed by atoms with Gasteiger partial charge in [-0.15, -0.1) is 0 Å². The van der Waals surface area contributed by atoms with Gasteiger partial charge in [0.15, 0.2) is 0 Å². The highest BCUT2D eigenvalue weighted by atomic mass is 35.5. The number of hydrogen-bond donors (Lipinski definition) is 2. The fraction of sp³-hybridized carbons (Fsp3) is 0.0500. The molecule has 6 nitrogen and oxygen atoms in total. The topological polar surface area (TPSA) is 83.7 Å². The summed E-state index contributed by atoms with van der Waals surface area (Å²) in [4.78, 5) is 28.2. The number of furan rings is 1. The third kappa shape index (κ3) is 6.35. The van der Waals surface area contributed by atoms with Gasteiger partial charge in [0.25, 0.3) is 0 Å². The second-order valence-corrected chi connectivity index (χ2v) is 7.14. The molecule has 0 atom stereocenters. The highest BCUT2D eigenvalue weighted by Crippen LogP contribution is 2.22. The summed E-state index contributed by atoms with van der Waals surface area (Å²) in [6, 6.07) is 14.9. The van der Waals surface area contributed by atoms with E-state index < -0.39 is 11.8 Å². The number of nitrogens with one attached hydrogen (secondary N) is 2. The van der Waals surface area contributed by atoms with Crippen LogP contribution in [0.1, 0.15) is 11.5 Å². The summed E-state index contributed by atoms with van der Waals surface area (Å²) in [5, 5.41) is 6.21. The Balaban J connectivity index is 1.52. The number of benzene rings is 2. The molecule has 0 aliphatic carbocycles. The number of nitrogens with zero attached hydrogens (tertiary/aromatic N) is 1. The number of amides is 2. The van der Waals surface area contributed by atoms with Crippen LogP contribution in [0.2, 0.25) is 15.1 Å². The van der Waals surface area contributed by atoms with E-state index in [1.165, 1.54) is 18.2 Å². The molecule has 2 amide bonds. The standard InChI is InChI=1S/C20H14Cl3N3O3/c21-12-1-3-15(4-2-12)24-10-17-5-6-18(29-17)11-25-19(27)20(28)26-16-8-13(22)7-14(23)9-16/h1-10H,11H2,(H,25,27)(H,26,28). The Bertz CT molecular complexity index is 1040. The maximum atomic E-state index is 12.0. The molecule has 29 heavy (non-hydrogen) atoms. The number of carbonyl (C=O) groups excluding carboxylic acids is 2. The summed E-state index contributed by atoms with van der Waals surface area (Å²) in [6.07, 6.45) is 1.55. The number of aliphatic imine (C=N–C) groups is 1. The molecule has 1 heterocycles. The lowest BCUT2D eigenvalue weighted by atomic mass is 10.3. The first-order chi connectivity index (χ1) is 13.9. The minimum atomic E-state index is -0.848. The van der Waals surface area contributed by atoms with E-state index in [0.717, 1.165) is 5.69 Å². The van der Waals surface area contributed by atoms with Crippen LogP contribution in [0, 0.1) is 0 Å². The van der Waals surface area contributed by atoms with Crippen molar-refractivity contribution in [2.24, 2.45) is 4.99 Å². The van der Waals surface area contributed by atoms with Crippen molar-refractivity contribution in [3.05, 3.63) is 81.2 Å². The van der Waals surface area contributed by atoms with E-state index >= 15 is 0 Å². The van der Waals surface area contributed by atoms with Crippen molar-refractivity contribution in [2.45, 2.75) is 6.54 Å². The van der Waals surface area contributed by atoms with Crippen LogP contribution in [0.5, 0.6) is 0 Å². The van der Waals surface area contributed by atoms with E-state index in [-0.39, 0.29) is 6.54 Å². The molecule has 3 aromatic rings. The van der Waals surface area contributed by atoms with Crippen molar-refractivity contribution in [1.29, 1.82) is 0 Å². The molecule has 0 spiro atoms. The maximum absolute atomic E-state index is 12.0. The van der Waals surface area contributed by atoms with E-state index in [0.29, 0.717) is 32.3 Å². The zero-order chi connectivity index (χ0) is 20.8. The molecule has 2 aromatic carbocycles. The van der Waals surface area contributed by atoms with Gasteiger partial charge in [0, 0.05) is 20.8 Å². The summed E-state index contributed by atoms with van der Waals surface area (Å²) in [7, 11) is 0. The van der Waals surface area contributed by atoms with Crippen LogP contribution in [0.15, 0.2) is 64.0 Å². The predicted molar refractivity (Wildman–Crippen MR) is 114 cm³/mol. The van der Waals surface area contributed by atoms with Crippen LogP contribution in [-0.4, -0.2) is 18.0 Å². The number of rotatable bonds is 5. The molecule has 0 fully saturated rings. The number of halogens is 3. The average molecular weight is 451 g/mol. The monoisotopic (exact) mass is 449 g/mol. The second-order valence-electron chi connectivity index (χ2n) is 5.83. The van der Waals surface area contributed by atoms with Gasteiger partial charge in [-0.05, 0) is 54.6 Å². The van der Waals surface area contributed by atoms with E-state index in [4.69, 9.17) is 39.2 Å². The molecule has 1 aromatic heterocycles. The molecule has 0 bridgehead atoms. The first-order valence-corrected chi connectivity index (χ1v) is 9.46. The fourth-order valence-corrected chi connectivity index (χ4v) is 2.94. The fourth-order valence-electron chi connectivity index (χ4n) is 2.29. The highest BCUT2D eigenvalue weighted by molar-refractivity contribution is 6.40. The minimum Gasteiger partial charge on any atom is -0.458 e. The van der Waals surface area contributed by atoms with Gasteiger partial charge in [-0.3, -0.25) is 14.6 Å². The molecule has 9 heteroatoms. The van der Waals surface area contributed by atoms with Crippen molar-refractivity contribution >= 4 is 64.2 Å². The zero-order valence-electron chi connectivity index (χ0n) is 14.8. The summed E-state index contributed by atoms with van der Waals surface area (Å²) in [5.41, 5.74) is 1.04. The largest absolute Gasteiger partial charge is 0.458 e. The Labute approximate surface area is 181 Å². The first-order valence-electron chi connectivity index (χ1n) is 8.33. The van der Waals surface area contributed by atoms with Gasteiger partial charge in [-0.25, -0.2) is 0 Å². The van der Waals surface area contributed by atoms with Gasteiger partial charge in [0.2, 0.25) is 0 Å². The quantitative estimate of drug-likeness (QED) is 0.411. The zero-order valence-corrected chi connectivity index (χ0v) is 17.1. The maximum Gasteiger partial charge on any atom is 0.313 e. The second kappa shape index (κ2) is 9.60. The Kier molecular flexibility index (Phi) is 6.93. The number of carbonyl (C=O) groups is 2. The van der Waals surface area contributed by atoms with E-state index in [1.54, 1.807) is 42.6 Å². The van der Waals surface area contributed by atoms with Gasteiger partial charge in [0.1, 0.15) is 11.5 Å².